The third-order valence-corrected chi connectivity index (χ3v) is 5.35. The zero-order valence-corrected chi connectivity index (χ0v) is 16.6. The predicted molar refractivity (Wildman–Crippen MR) is 111 cm³/mol. The SMILES string of the molecule is Cc1ccc(C(=O)N2CCCCC2CCC(=O)O)cc1NC(=O)c1ccccc1. The normalized spacial score (nSPS) is 16.3. The number of carbonyl (C=O) groups excluding carboxylic acids is 2. The van der Waals surface area contributed by atoms with E-state index in [2.05, 4.69) is 5.32 Å². The molecule has 1 aliphatic heterocycles. The molecule has 0 saturated carbocycles. The minimum absolute atomic E-state index is 0.0563. The molecule has 0 bridgehead atoms. The van der Waals surface area contributed by atoms with Gasteiger partial charge in [0.05, 0.1) is 0 Å². The molecule has 3 rings (SSSR count). The van der Waals surface area contributed by atoms with Crippen LogP contribution in [0, 0.1) is 6.92 Å². The van der Waals surface area contributed by atoms with Crippen LogP contribution in [0.15, 0.2) is 48.5 Å². The minimum Gasteiger partial charge on any atom is -0.481 e. The van der Waals surface area contributed by atoms with Gasteiger partial charge in [-0.2, -0.15) is 0 Å². The smallest absolute Gasteiger partial charge is 0.303 e. The second-order valence-corrected chi connectivity index (χ2v) is 7.43. The fraction of sp³-hybridized carbons (Fsp3) is 0.348. The number of likely N-dealkylation sites (tertiary alicyclic amines) is 1. The first-order valence-corrected chi connectivity index (χ1v) is 9.95. The lowest BCUT2D eigenvalue weighted by molar-refractivity contribution is -0.137. The number of amides is 2. The highest BCUT2D eigenvalue weighted by molar-refractivity contribution is 6.05. The first-order chi connectivity index (χ1) is 14.0. The molecule has 1 atom stereocenters. The largest absolute Gasteiger partial charge is 0.481 e. The van der Waals surface area contributed by atoms with E-state index in [1.807, 2.05) is 19.1 Å². The van der Waals surface area contributed by atoms with E-state index in [0.29, 0.717) is 29.8 Å². The van der Waals surface area contributed by atoms with Gasteiger partial charge in [0.1, 0.15) is 0 Å². The number of benzene rings is 2. The van der Waals surface area contributed by atoms with Gasteiger partial charge in [-0.25, -0.2) is 0 Å². The van der Waals surface area contributed by atoms with Gasteiger partial charge >= 0.3 is 5.97 Å². The Kier molecular flexibility index (Phi) is 6.65. The number of carboxylic acid groups (broad SMARTS) is 1. The van der Waals surface area contributed by atoms with Crippen LogP contribution in [0.2, 0.25) is 0 Å². The molecule has 0 aromatic heterocycles. The summed E-state index contributed by atoms with van der Waals surface area (Å²) >= 11 is 0. The van der Waals surface area contributed by atoms with Crippen LogP contribution in [0.1, 0.15) is 58.4 Å². The molecule has 0 spiro atoms. The lowest BCUT2D eigenvalue weighted by Gasteiger charge is -2.36. The highest BCUT2D eigenvalue weighted by Gasteiger charge is 2.28. The monoisotopic (exact) mass is 394 g/mol. The fourth-order valence-corrected chi connectivity index (χ4v) is 3.70. The molecule has 2 aromatic rings. The Morgan fingerprint density at radius 3 is 2.55 bits per heavy atom. The number of aryl methyl sites for hydroxylation is 1. The summed E-state index contributed by atoms with van der Waals surface area (Å²) < 4.78 is 0. The van der Waals surface area contributed by atoms with Gasteiger partial charge in [0.15, 0.2) is 0 Å². The van der Waals surface area contributed by atoms with Crippen LogP contribution >= 0.6 is 0 Å². The van der Waals surface area contributed by atoms with Crippen molar-refractivity contribution in [2.45, 2.75) is 45.1 Å². The Bertz CT molecular complexity index is 895. The second kappa shape index (κ2) is 9.37. The van der Waals surface area contributed by atoms with E-state index in [1.54, 1.807) is 41.3 Å². The minimum atomic E-state index is -0.843. The van der Waals surface area contributed by atoms with Crippen LogP contribution < -0.4 is 5.32 Å². The molecule has 152 valence electrons. The Labute approximate surface area is 170 Å². The first-order valence-electron chi connectivity index (χ1n) is 9.95. The van der Waals surface area contributed by atoms with Gasteiger partial charge in [-0.05, 0) is 62.4 Å². The van der Waals surface area contributed by atoms with Crippen LogP contribution in [0.4, 0.5) is 5.69 Å². The molecule has 1 unspecified atom stereocenters. The van der Waals surface area contributed by atoms with E-state index in [0.717, 1.165) is 24.8 Å². The zero-order chi connectivity index (χ0) is 20.8. The Hall–Kier alpha value is -3.15. The van der Waals surface area contributed by atoms with Crippen molar-refractivity contribution in [1.29, 1.82) is 0 Å². The summed E-state index contributed by atoms with van der Waals surface area (Å²) in [5.41, 5.74) is 2.52. The highest BCUT2D eigenvalue weighted by atomic mass is 16.4. The van der Waals surface area contributed by atoms with Crippen molar-refractivity contribution in [2.24, 2.45) is 0 Å². The molecular formula is C23H26N2O4. The Balaban J connectivity index is 1.77. The van der Waals surface area contributed by atoms with Crippen molar-refractivity contribution in [3.8, 4) is 0 Å². The number of nitrogens with one attached hydrogen (secondary N) is 1. The zero-order valence-electron chi connectivity index (χ0n) is 16.6. The third kappa shape index (κ3) is 5.22. The predicted octanol–water partition coefficient (Wildman–Crippen LogP) is 4.11. The molecular weight excluding hydrogens is 368 g/mol. The summed E-state index contributed by atoms with van der Waals surface area (Å²) in [6, 6.07) is 14.2. The molecule has 6 heteroatoms. The van der Waals surface area contributed by atoms with E-state index >= 15 is 0 Å². The maximum absolute atomic E-state index is 13.1. The van der Waals surface area contributed by atoms with Gasteiger partial charge in [0.2, 0.25) is 0 Å². The van der Waals surface area contributed by atoms with E-state index < -0.39 is 5.97 Å². The number of anilines is 1. The number of carbonyl (C=O) groups is 3. The Morgan fingerprint density at radius 1 is 1.07 bits per heavy atom. The van der Waals surface area contributed by atoms with Gasteiger partial charge in [-0.3, -0.25) is 14.4 Å². The van der Waals surface area contributed by atoms with Crippen LogP contribution in [0.5, 0.6) is 0 Å². The van der Waals surface area contributed by atoms with Crippen molar-refractivity contribution in [3.05, 3.63) is 65.2 Å². The molecule has 1 heterocycles. The lowest BCUT2D eigenvalue weighted by atomic mass is 9.96. The summed E-state index contributed by atoms with van der Waals surface area (Å²) in [4.78, 5) is 38.4. The van der Waals surface area contributed by atoms with E-state index in [-0.39, 0.29) is 24.3 Å². The number of hydrogen-bond donors (Lipinski definition) is 2. The average molecular weight is 394 g/mol. The topological polar surface area (TPSA) is 86.7 Å². The molecule has 1 fully saturated rings. The van der Waals surface area contributed by atoms with Crippen molar-refractivity contribution in [2.75, 3.05) is 11.9 Å². The fourth-order valence-electron chi connectivity index (χ4n) is 3.70. The van der Waals surface area contributed by atoms with E-state index in [9.17, 15) is 14.4 Å². The van der Waals surface area contributed by atoms with Gasteiger partial charge in [0, 0.05) is 35.8 Å². The van der Waals surface area contributed by atoms with Crippen LogP contribution in [-0.4, -0.2) is 40.4 Å². The number of piperidine rings is 1. The quantitative estimate of drug-likeness (QED) is 0.772. The van der Waals surface area contributed by atoms with Crippen LogP contribution in [0.3, 0.4) is 0 Å². The first kappa shape index (κ1) is 20.6. The molecule has 0 radical (unpaired) electrons. The van der Waals surface area contributed by atoms with Gasteiger partial charge in [0.25, 0.3) is 11.8 Å². The van der Waals surface area contributed by atoms with Crippen molar-refractivity contribution < 1.29 is 19.5 Å². The standard InChI is InChI=1S/C23H26N2O4/c1-16-10-11-18(15-20(16)24-22(28)17-7-3-2-4-8-17)23(29)25-14-6-5-9-19(25)12-13-21(26)27/h2-4,7-8,10-11,15,19H,5-6,9,12-14H2,1H3,(H,24,28)(H,26,27). The second-order valence-electron chi connectivity index (χ2n) is 7.43. The molecule has 29 heavy (non-hydrogen) atoms. The molecule has 6 nitrogen and oxygen atoms in total. The molecule has 2 amide bonds. The van der Waals surface area contributed by atoms with Gasteiger partial charge in [-0.15, -0.1) is 0 Å². The number of aliphatic carboxylic acids is 1. The van der Waals surface area contributed by atoms with Crippen molar-refractivity contribution >= 4 is 23.5 Å². The average Bonchev–Trinajstić information content (AvgIpc) is 2.74. The number of rotatable bonds is 6. The van der Waals surface area contributed by atoms with Gasteiger partial charge in [-0.1, -0.05) is 24.3 Å². The molecule has 1 saturated heterocycles. The van der Waals surface area contributed by atoms with Crippen molar-refractivity contribution in [1.82, 2.24) is 4.90 Å². The summed E-state index contributed by atoms with van der Waals surface area (Å²) in [7, 11) is 0. The Morgan fingerprint density at radius 2 is 1.83 bits per heavy atom. The molecule has 2 aromatic carbocycles. The summed E-state index contributed by atoms with van der Waals surface area (Å²) in [5, 5.41) is 11.9. The maximum Gasteiger partial charge on any atom is 0.303 e. The van der Waals surface area contributed by atoms with Crippen molar-refractivity contribution in [3.63, 3.8) is 0 Å². The molecule has 0 aliphatic carbocycles. The number of nitrogens with zero attached hydrogens (tertiary/aromatic N) is 1. The van der Waals surface area contributed by atoms with Gasteiger partial charge < -0.3 is 15.3 Å². The van der Waals surface area contributed by atoms with Crippen LogP contribution in [-0.2, 0) is 4.79 Å². The summed E-state index contributed by atoms with van der Waals surface area (Å²) in [5.74, 6) is -1.19. The van der Waals surface area contributed by atoms with E-state index in [1.165, 1.54) is 0 Å². The third-order valence-electron chi connectivity index (χ3n) is 5.35. The highest BCUT2D eigenvalue weighted by Crippen LogP contribution is 2.25. The maximum atomic E-state index is 13.1. The number of carboxylic acids is 1. The van der Waals surface area contributed by atoms with E-state index in [4.69, 9.17) is 5.11 Å². The number of hydrogen-bond acceptors (Lipinski definition) is 3. The summed E-state index contributed by atoms with van der Waals surface area (Å²) in [6.07, 6.45) is 3.26. The molecule has 1 aliphatic rings. The summed E-state index contributed by atoms with van der Waals surface area (Å²) in [6.45, 7) is 2.51. The lowest BCUT2D eigenvalue weighted by Crippen LogP contribution is -2.44. The molecule has 2 N–H and O–H groups in total. The van der Waals surface area contributed by atoms with Crippen LogP contribution in [0.25, 0.3) is 0 Å².